The molecule has 5 rings (SSSR count). The normalized spacial score (nSPS) is 18.5. The molecule has 3 aromatic rings. The van der Waals surface area contributed by atoms with Crippen molar-refractivity contribution in [2.45, 2.75) is 38.2 Å². The molecule has 0 saturated carbocycles. The lowest BCUT2D eigenvalue weighted by atomic mass is 9.83. The standard InChI is InChI=1S/C23H24N2O/c1-16-20(6-4-17-3-2-12-25-22(16)17)18-5-7-21-19(15-18)8-9-23(26-21)10-13-24-14-11-23/h2-7,12,15,24H,8-11,13-14H2,1H3. The third-order valence-electron chi connectivity index (χ3n) is 6.09. The van der Waals surface area contributed by atoms with Crippen LogP contribution in [0.25, 0.3) is 22.0 Å². The van der Waals surface area contributed by atoms with Gasteiger partial charge in [0.1, 0.15) is 11.4 Å². The van der Waals surface area contributed by atoms with E-state index in [1.54, 1.807) is 0 Å². The summed E-state index contributed by atoms with van der Waals surface area (Å²) in [4.78, 5) is 4.58. The van der Waals surface area contributed by atoms with Crippen LogP contribution in [0.4, 0.5) is 0 Å². The van der Waals surface area contributed by atoms with Crippen molar-refractivity contribution < 1.29 is 4.74 Å². The van der Waals surface area contributed by atoms with Crippen LogP contribution in [0.1, 0.15) is 30.4 Å². The molecule has 26 heavy (non-hydrogen) atoms. The summed E-state index contributed by atoms with van der Waals surface area (Å²) in [6.45, 7) is 4.30. The van der Waals surface area contributed by atoms with Gasteiger partial charge < -0.3 is 10.1 Å². The molecular weight excluding hydrogens is 320 g/mol. The number of piperidine rings is 1. The predicted octanol–water partition coefficient (Wildman–Crippen LogP) is 4.66. The first-order valence-electron chi connectivity index (χ1n) is 9.62. The predicted molar refractivity (Wildman–Crippen MR) is 106 cm³/mol. The highest BCUT2D eigenvalue weighted by Gasteiger charge is 2.37. The van der Waals surface area contributed by atoms with Crippen molar-refractivity contribution in [2.75, 3.05) is 13.1 Å². The molecule has 2 aromatic carbocycles. The Morgan fingerprint density at radius 3 is 2.81 bits per heavy atom. The summed E-state index contributed by atoms with van der Waals surface area (Å²) in [6.07, 6.45) is 6.34. The molecule has 1 fully saturated rings. The highest BCUT2D eigenvalue weighted by atomic mass is 16.5. The quantitative estimate of drug-likeness (QED) is 0.697. The Balaban J connectivity index is 1.52. The van der Waals surface area contributed by atoms with Gasteiger partial charge >= 0.3 is 0 Å². The Labute approximate surface area is 154 Å². The van der Waals surface area contributed by atoms with E-state index in [0.29, 0.717) is 0 Å². The summed E-state index contributed by atoms with van der Waals surface area (Å²) in [5.41, 5.74) is 6.26. The molecule has 132 valence electrons. The Bertz CT molecular complexity index is 973. The summed E-state index contributed by atoms with van der Waals surface area (Å²) in [5, 5.41) is 4.64. The van der Waals surface area contributed by atoms with Gasteiger partial charge in [-0.3, -0.25) is 4.98 Å². The van der Waals surface area contributed by atoms with Gasteiger partial charge in [-0.15, -0.1) is 0 Å². The lowest BCUT2D eigenvalue weighted by molar-refractivity contribution is 0.0170. The van der Waals surface area contributed by atoms with Crippen molar-refractivity contribution in [3.05, 3.63) is 59.8 Å². The SMILES string of the molecule is Cc1c(-c2ccc3c(c2)CCC2(CCNCC2)O3)ccc2cccnc12. The Hall–Kier alpha value is -2.39. The zero-order valence-corrected chi connectivity index (χ0v) is 15.2. The maximum absolute atomic E-state index is 6.50. The Morgan fingerprint density at radius 1 is 1.04 bits per heavy atom. The van der Waals surface area contributed by atoms with Gasteiger partial charge in [0, 0.05) is 11.6 Å². The van der Waals surface area contributed by atoms with Crippen molar-refractivity contribution in [3.63, 3.8) is 0 Å². The van der Waals surface area contributed by atoms with E-state index in [1.165, 1.54) is 27.6 Å². The first kappa shape index (κ1) is 15.8. The van der Waals surface area contributed by atoms with Gasteiger partial charge in [0.25, 0.3) is 0 Å². The number of aromatic nitrogens is 1. The lowest BCUT2D eigenvalue weighted by Crippen LogP contribution is -2.48. The zero-order chi connectivity index (χ0) is 17.6. The monoisotopic (exact) mass is 344 g/mol. The van der Waals surface area contributed by atoms with E-state index < -0.39 is 0 Å². The summed E-state index contributed by atoms with van der Waals surface area (Å²) < 4.78 is 6.50. The lowest BCUT2D eigenvalue weighted by Gasteiger charge is -2.41. The van der Waals surface area contributed by atoms with E-state index in [4.69, 9.17) is 4.74 Å². The van der Waals surface area contributed by atoms with Gasteiger partial charge in [-0.2, -0.15) is 0 Å². The number of ether oxygens (including phenoxy) is 1. The minimum atomic E-state index is 0.0581. The van der Waals surface area contributed by atoms with Gasteiger partial charge in [0.15, 0.2) is 0 Å². The fourth-order valence-electron chi connectivity index (χ4n) is 4.53. The number of fused-ring (bicyclic) bond motifs is 2. The van der Waals surface area contributed by atoms with Crippen molar-refractivity contribution >= 4 is 10.9 Å². The van der Waals surface area contributed by atoms with Crippen LogP contribution in [-0.4, -0.2) is 23.7 Å². The zero-order valence-electron chi connectivity index (χ0n) is 15.2. The molecule has 0 atom stereocenters. The van der Waals surface area contributed by atoms with Gasteiger partial charge in [-0.25, -0.2) is 0 Å². The number of hydrogen-bond donors (Lipinski definition) is 1. The van der Waals surface area contributed by atoms with Crippen LogP contribution in [0.5, 0.6) is 5.75 Å². The van der Waals surface area contributed by atoms with Crippen LogP contribution >= 0.6 is 0 Å². The topological polar surface area (TPSA) is 34.1 Å². The maximum Gasteiger partial charge on any atom is 0.123 e. The third kappa shape index (κ3) is 2.58. The molecule has 1 saturated heterocycles. The van der Waals surface area contributed by atoms with Crippen LogP contribution in [0.2, 0.25) is 0 Å². The molecule has 0 aliphatic carbocycles. The van der Waals surface area contributed by atoms with Gasteiger partial charge in [-0.1, -0.05) is 24.3 Å². The highest BCUT2D eigenvalue weighted by molar-refractivity contribution is 5.88. The summed E-state index contributed by atoms with van der Waals surface area (Å²) >= 11 is 0. The average molecular weight is 344 g/mol. The van der Waals surface area contributed by atoms with Crippen molar-refractivity contribution in [1.82, 2.24) is 10.3 Å². The van der Waals surface area contributed by atoms with Crippen LogP contribution < -0.4 is 10.1 Å². The number of aryl methyl sites for hydroxylation is 2. The second-order valence-corrected chi connectivity index (χ2v) is 7.67. The first-order valence-corrected chi connectivity index (χ1v) is 9.62. The van der Waals surface area contributed by atoms with E-state index in [-0.39, 0.29) is 5.60 Å². The number of hydrogen-bond acceptors (Lipinski definition) is 3. The van der Waals surface area contributed by atoms with Crippen molar-refractivity contribution in [2.24, 2.45) is 0 Å². The second kappa shape index (κ2) is 6.10. The molecule has 0 radical (unpaired) electrons. The molecule has 1 spiro atoms. The summed E-state index contributed by atoms with van der Waals surface area (Å²) in [6, 6.07) is 15.2. The Morgan fingerprint density at radius 2 is 1.92 bits per heavy atom. The molecule has 0 unspecified atom stereocenters. The Kier molecular flexibility index (Phi) is 3.71. The molecular formula is C23H24N2O. The first-order chi connectivity index (χ1) is 12.7. The van der Waals surface area contributed by atoms with E-state index in [9.17, 15) is 0 Å². The number of benzene rings is 2. The van der Waals surface area contributed by atoms with Gasteiger partial charge in [0.05, 0.1) is 5.52 Å². The maximum atomic E-state index is 6.50. The third-order valence-corrected chi connectivity index (χ3v) is 6.09. The number of pyridine rings is 1. The molecule has 1 N–H and O–H groups in total. The van der Waals surface area contributed by atoms with Crippen LogP contribution in [-0.2, 0) is 6.42 Å². The van der Waals surface area contributed by atoms with Crippen LogP contribution in [0.3, 0.4) is 0 Å². The number of nitrogens with one attached hydrogen (secondary N) is 1. The molecule has 3 heterocycles. The fraction of sp³-hybridized carbons (Fsp3) is 0.348. The second-order valence-electron chi connectivity index (χ2n) is 7.67. The molecule has 2 aliphatic rings. The van der Waals surface area contributed by atoms with Gasteiger partial charge in [-0.05, 0) is 86.1 Å². The van der Waals surface area contributed by atoms with E-state index >= 15 is 0 Å². The van der Waals surface area contributed by atoms with E-state index in [2.05, 4.69) is 53.6 Å². The van der Waals surface area contributed by atoms with Gasteiger partial charge in [0.2, 0.25) is 0 Å². The smallest absolute Gasteiger partial charge is 0.123 e. The highest BCUT2D eigenvalue weighted by Crippen LogP contribution is 2.40. The molecule has 0 amide bonds. The minimum absolute atomic E-state index is 0.0581. The fourth-order valence-corrected chi connectivity index (χ4v) is 4.53. The molecule has 3 heteroatoms. The number of nitrogens with zero attached hydrogens (tertiary/aromatic N) is 1. The average Bonchev–Trinajstić information content (AvgIpc) is 2.69. The van der Waals surface area contributed by atoms with Crippen molar-refractivity contribution in [1.29, 1.82) is 0 Å². The van der Waals surface area contributed by atoms with Crippen molar-refractivity contribution in [3.8, 4) is 16.9 Å². The number of rotatable bonds is 1. The van der Waals surface area contributed by atoms with E-state index in [1.807, 2.05) is 12.3 Å². The largest absolute Gasteiger partial charge is 0.487 e. The summed E-state index contributed by atoms with van der Waals surface area (Å²) in [5.74, 6) is 1.08. The molecule has 3 nitrogen and oxygen atoms in total. The molecule has 1 aromatic heterocycles. The minimum Gasteiger partial charge on any atom is -0.487 e. The van der Waals surface area contributed by atoms with E-state index in [0.717, 1.165) is 50.0 Å². The molecule has 0 bridgehead atoms. The van der Waals surface area contributed by atoms with Crippen LogP contribution in [0.15, 0.2) is 48.7 Å². The summed E-state index contributed by atoms with van der Waals surface area (Å²) in [7, 11) is 0. The van der Waals surface area contributed by atoms with Crippen LogP contribution in [0, 0.1) is 6.92 Å². The molecule has 2 aliphatic heterocycles.